The number of thiazole rings is 1. The van der Waals surface area contributed by atoms with E-state index in [1.54, 1.807) is 0 Å². The summed E-state index contributed by atoms with van der Waals surface area (Å²) in [6, 6.07) is 9.30. The molecular formula is C20H19ClFN3O3S2. The van der Waals surface area contributed by atoms with E-state index in [2.05, 4.69) is 15.0 Å². The number of carbonyl (C=O) groups is 1. The Hall–Kier alpha value is -2.49. The van der Waals surface area contributed by atoms with Crippen molar-refractivity contribution in [3.05, 3.63) is 69.4 Å². The van der Waals surface area contributed by atoms with Gasteiger partial charge in [0.05, 0.1) is 28.5 Å². The lowest BCUT2D eigenvalue weighted by atomic mass is 10.2. The van der Waals surface area contributed by atoms with Gasteiger partial charge in [-0.3, -0.25) is 9.52 Å². The lowest BCUT2D eigenvalue weighted by molar-refractivity contribution is -0.115. The van der Waals surface area contributed by atoms with E-state index in [1.165, 1.54) is 41.7 Å². The molecular weight excluding hydrogens is 449 g/mol. The molecule has 0 aliphatic carbocycles. The molecule has 0 aliphatic rings. The zero-order valence-electron chi connectivity index (χ0n) is 16.1. The quantitative estimate of drug-likeness (QED) is 0.509. The molecule has 30 heavy (non-hydrogen) atoms. The maximum Gasteiger partial charge on any atom is 0.264 e. The fraction of sp³-hybridized carbons (Fsp3) is 0.200. The summed E-state index contributed by atoms with van der Waals surface area (Å²) >= 11 is 7.49. The van der Waals surface area contributed by atoms with E-state index in [1.807, 2.05) is 19.2 Å². The van der Waals surface area contributed by atoms with E-state index < -0.39 is 20.7 Å². The molecule has 0 atom stereocenters. The molecule has 2 aromatic carbocycles. The minimum absolute atomic E-state index is 0.0231. The molecule has 158 valence electrons. The standard InChI is InChI=1S/C20H19ClFN3O3S2/c1-12(2)20-23-14(11-29-20)10-19(26)24-17-9-13(21)7-8-16(17)25-30(27,28)18-6-4-3-5-15(18)22/h3-9,11-12,25H,10H2,1-2H3,(H,24,26). The fourth-order valence-electron chi connectivity index (χ4n) is 2.60. The summed E-state index contributed by atoms with van der Waals surface area (Å²) in [5, 5.41) is 5.69. The van der Waals surface area contributed by atoms with Gasteiger partial charge >= 0.3 is 0 Å². The number of carbonyl (C=O) groups excluding carboxylic acids is 1. The number of halogens is 2. The summed E-state index contributed by atoms with van der Waals surface area (Å²) in [5.41, 5.74) is 0.848. The molecule has 1 heterocycles. The highest BCUT2D eigenvalue weighted by atomic mass is 35.5. The Labute approximate surface area is 183 Å². The number of benzene rings is 2. The summed E-state index contributed by atoms with van der Waals surface area (Å²) in [4.78, 5) is 16.4. The first-order valence-electron chi connectivity index (χ1n) is 8.97. The van der Waals surface area contributed by atoms with Gasteiger partial charge < -0.3 is 5.32 Å². The van der Waals surface area contributed by atoms with Crippen molar-refractivity contribution in [3.8, 4) is 0 Å². The largest absolute Gasteiger partial charge is 0.324 e. The molecule has 0 spiro atoms. The van der Waals surface area contributed by atoms with E-state index >= 15 is 0 Å². The lowest BCUT2D eigenvalue weighted by Gasteiger charge is -2.14. The molecule has 3 aromatic rings. The van der Waals surface area contributed by atoms with Gasteiger partial charge in [0.2, 0.25) is 5.91 Å². The summed E-state index contributed by atoms with van der Waals surface area (Å²) in [6.07, 6.45) is 0.0231. The van der Waals surface area contributed by atoms with Crippen LogP contribution in [0.15, 0.2) is 52.7 Å². The van der Waals surface area contributed by atoms with Crippen LogP contribution in [0.3, 0.4) is 0 Å². The van der Waals surface area contributed by atoms with Crippen molar-refractivity contribution in [2.75, 3.05) is 10.0 Å². The van der Waals surface area contributed by atoms with Crippen molar-refractivity contribution in [1.82, 2.24) is 4.98 Å². The number of nitrogens with zero attached hydrogens (tertiary/aromatic N) is 1. The van der Waals surface area contributed by atoms with Gasteiger partial charge in [0.15, 0.2) is 0 Å². The monoisotopic (exact) mass is 467 g/mol. The van der Waals surface area contributed by atoms with Gasteiger partial charge in [0, 0.05) is 16.3 Å². The molecule has 6 nitrogen and oxygen atoms in total. The Morgan fingerprint density at radius 3 is 2.60 bits per heavy atom. The number of sulfonamides is 1. The molecule has 0 saturated carbocycles. The number of anilines is 2. The van der Waals surface area contributed by atoms with E-state index in [4.69, 9.17) is 11.6 Å². The molecule has 10 heteroatoms. The van der Waals surface area contributed by atoms with Crippen LogP contribution in [-0.4, -0.2) is 19.3 Å². The summed E-state index contributed by atoms with van der Waals surface area (Å²) in [6.45, 7) is 4.03. The van der Waals surface area contributed by atoms with Gasteiger partial charge in [-0.2, -0.15) is 0 Å². The highest BCUT2D eigenvalue weighted by Gasteiger charge is 2.21. The molecule has 0 saturated heterocycles. The number of aromatic nitrogens is 1. The van der Waals surface area contributed by atoms with Crippen LogP contribution in [-0.2, 0) is 21.2 Å². The van der Waals surface area contributed by atoms with Crippen LogP contribution in [0.25, 0.3) is 0 Å². The molecule has 0 fully saturated rings. The van der Waals surface area contributed by atoms with Crippen LogP contribution in [0, 0.1) is 5.82 Å². The summed E-state index contributed by atoms with van der Waals surface area (Å²) < 4.78 is 41.4. The lowest BCUT2D eigenvalue weighted by Crippen LogP contribution is -2.19. The first kappa shape index (κ1) is 22.2. The summed E-state index contributed by atoms with van der Waals surface area (Å²) in [7, 11) is -4.21. The molecule has 0 bridgehead atoms. The second-order valence-electron chi connectivity index (χ2n) is 6.78. The molecule has 2 N–H and O–H groups in total. The summed E-state index contributed by atoms with van der Waals surface area (Å²) in [5.74, 6) is -1.00. The second-order valence-corrected chi connectivity index (χ2v) is 9.76. The third kappa shape index (κ3) is 5.35. The molecule has 0 radical (unpaired) electrons. The normalized spacial score (nSPS) is 11.5. The average Bonchev–Trinajstić information content (AvgIpc) is 3.13. The fourth-order valence-corrected chi connectivity index (χ4v) is 4.77. The van der Waals surface area contributed by atoms with Crippen LogP contribution >= 0.6 is 22.9 Å². The van der Waals surface area contributed by atoms with E-state index in [9.17, 15) is 17.6 Å². The average molecular weight is 468 g/mol. The van der Waals surface area contributed by atoms with Gasteiger partial charge in [-0.1, -0.05) is 37.6 Å². The van der Waals surface area contributed by atoms with Gasteiger partial charge in [-0.25, -0.2) is 17.8 Å². The maximum absolute atomic E-state index is 13.9. The minimum Gasteiger partial charge on any atom is -0.324 e. The van der Waals surface area contributed by atoms with Crippen molar-refractivity contribution in [2.24, 2.45) is 0 Å². The number of hydrogen-bond acceptors (Lipinski definition) is 5. The van der Waals surface area contributed by atoms with Gasteiger partial charge in [-0.05, 0) is 30.3 Å². The van der Waals surface area contributed by atoms with Gasteiger partial charge in [0.25, 0.3) is 10.0 Å². The van der Waals surface area contributed by atoms with Crippen LogP contribution in [0.5, 0.6) is 0 Å². The topological polar surface area (TPSA) is 88.2 Å². The van der Waals surface area contributed by atoms with Crippen molar-refractivity contribution in [1.29, 1.82) is 0 Å². The van der Waals surface area contributed by atoms with E-state index in [0.29, 0.717) is 10.7 Å². The first-order chi connectivity index (χ1) is 14.2. The molecule has 0 unspecified atom stereocenters. The highest BCUT2D eigenvalue weighted by molar-refractivity contribution is 7.92. The Kier molecular flexibility index (Phi) is 6.74. The Bertz CT molecular complexity index is 1180. The van der Waals surface area contributed by atoms with Crippen LogP contribution in [0.4, 0.5) is 15.8 Å². The Morgan fingerprint density at radius 2 is 1.93 bits per heavy atom. The first-order valence-corrected chi connectivity index (χ1v) is 11.7. The number of hydrogen-bond donors (Lipinski definition) is 2. The van der Waals surface area contributed by atoms with Crippen LogP contribution in [0.1, 0.15) is 30.5 Å². The Morgan fingerprint density at radius 1 is 1.20 bits per heavy atom. The third-order valence-electron chi connectivity index (χ3n) is 4.03. The van der Waals surface area contributed by atoms with Crippen molar-refractivity contribution < 1.29 is 17.6 Å². The molecule has 1 amide bonds. The highest BCUT2D eigenvalue weighted by Crippen LogP contribution is 2.29. The molecule has 0 aliphatic heterocycles. The van der Waals surface area contributed by atoms with Crippen molar-refractivity contribution in [2.45, 2.75) is 31.1 Å². The predicted molar refractivity (Wildman–Crippen MR) is 117 cm³/mol. The predicted octanol–water partition coefficient (Wildman–Crippen LogP) is 5.04. The second kappa shape index (κ2) is 9.11. The van der Waals surface area contributed by atoms with E-state index in [0.717, 1.165) is 17.1 Å². The number of amides is 1. The van der Waals surface area contributed by atoms with Gasteiger partial charge in [-0.15, -0.1) is 11.3 Å². The zero-order valence-corrected chi connectivity index (χ0v) is 18.5. The molecule has 3 rings (SSSR count). The van der Waals surface area contributed by atoms with E-state index in [-0.39, 0.29) is 29.6 Å². The number of rotatable bonds is 7. The molecule has 1 aromatic heterocycles. The number of nitrogens with one attached hydrogen (secondary N) is 2. The van der Waals surface area contributed by atoms with Crippen molar-refractivity contribution in [3.63, 3.8) is 0 Å². The minimum atomic E-state index is -4.21. The Balaban J connectivity index is 1.81. The third-order valence-corrected chi connectivity index (χ3v) is 6.86. The van der Waals surface area contributed by atoms with Gasteiger partial charge in [0.1, 0.15) is 10.7 Å². The van der Waals surface area contributed by atoms with Crippen LogP contribution < -0.4 is 10.0 Å². The van der Waals surface area contributed by atoms with Crippen LogP contribution in [0.2, 0.25) is 5.02 Å². The van der Waals surface area contributed by atoms with Crippen molar-refractivity contribution >= 4 is 50.2 Å². The maximum atomic E-state index is 13.9. The SMILES string of the molecule is CC(C)c1nc(CC(=O)Nc2cc(Cl)ccc2NS(=O)(=O)c2ccccc2F)cs1. The smallest absolute Gasteiger partial charge is 0.264 e. The zero-order chi connectivity index (χ0) is 21.9.